The summed E-state index contributed by atoms with van der Waals surface area (Å²) < 4.78 is 5.21. The molecule has 3 N–H and O–H groups in total. The zero-order valence-corrected chi connectivity index (χ0v) is 13.8. The first kappa shape index (κ1) is 15.7. The van der Waals surface area contributed by atoms with Crippen molar-refractivity contribution in [1.29, 1.82) is 0 Å². The number of benzene rings is 2. The number of hydrogen-bond donors (Lipinski definition) is 2. The largest absolute Gasteiger partial charge is 0.495 e. The molecular weight excluding hydrogens is 304 g/mol. The lowest BCUT2D eigenvalue weighted by molar-refractivity contribution is 0.417. The van der Waals surface area contributed by atoms with E-state index in [9.17, 15) is 4.79 Å². The average Bonchev–Trinajstić information content (AvgIpc) is 2.53. The van der Waals surface area contributed by atoms with Crippen molar-refractivity contribution < 1.29 is 4.74 Å². The van der Waals surface area contributed by atoms with Gasteiger partial charge in [0.25, 0.3) is 0 Å². The number of nitrogens with zero attached hydrogens (tertiary/aromatic N) is 2. The van der Waals surface area contributed by atoms with Crippen molar-refractivity contribution in [3.63, 3.8) is 0 Å². The number of aromatic amines is 1. The molecule has 0 amide bonds. The van der Waals surface area contributed by atoms with Crippen LogP contribution in [-0.4, -0.2) is 12.1 Å². The minimum Gasteiger partial charge on any atom is -0.495 e. The van der Waals surface area contributed by atoms with Crippen LogP contribution < -0.4 is 16.0 Å². The Labute approximate surface area is 139 Å². The Kier molecular flexibility index (Phi) is 4.04. The highest BCUT2D eigenvalue weighted by molar-refractivity contribution is 5.84. The third-order valence-corrected chi connectivity index (χ3v) is 3.85. The van der Waals surface area contributed by atoms with Gasteiger partial charge in [-0.1, -0.05) is 6.07 Å². The number of ether oxygens (including phenoxy) is 1. The summed E-state index contributed by atoms with van der Waals surface area (Å²) in [6, 6.07) is 10.7. The molecule has 1 heterocycles. The van der Waals surface area contributed by atoms with E-state index in [0.29, 0.717) is 22.8 Å². The van der Waals surface area contributed by atoms with Gasteiger partial charge in [-0.15, -0.1) is 0 Å². The number of nitrogens with one attached hydrogen (secondary N) is 1. The molecule has 3 rings (SSSR count). The lowest BCUT2D eigenvalue weighted by Gasteiger charge is -2.07. The van der Waals surface area contributed by atoms with Crippen LogP contribution >= 0.6 is 0 Å². The topological polar surface area (TPSA) is 92.8 Å². The molecule has 0 spiro atoms. The number of aromatic nitrogens is 1. The molecule has 0 aliphatic carbocycles. The Balaban J connectivity index is 2.00. The fourth-order valence-electron chi connectivity index (χ4n) is 2.58. The second-order valence-corrected chi connectivity index (χ2v) is 5.63. The first-order chi connectivity index (χ1) is 11.5. The molecule has 24 heavy (non-hydrogen) atoms. The second kappa shape index (κ2) is 6.16. The number of H-pyrrole nitrogens is 1. The van der Waals surface area contributed by atoms with Crippen molar-refractivity contribution in [1.82, 2.24) is 4.98 Å². The summed E-state index contributed by atoms with van der Waals surface area (Å²) in [5.41, 5.74) is 10.2. The summed E-state index contributed by atoms with van der Waals surface area (Å²) in [5.74, 6) is 0.563. The average molecular weight is 322 g/mol. The number of aryl methyl sites for hydroxylation is 2. The molecule has 0 radical (unpaired) electrons. The van der Waals surface area contributed by atoms with Gasteiger partial charge >= 0.3 is 0 Å². The van der Waals surface area contributed by atoms with Crippen molar-refractivity contribution in [3.8, 4) is 5.75 Å². The number of azo groups is 1. The van der Waals surface area contributed by atoms with Gasteiger partial charge in [0.05, 0.1) is 29.7 Å². The van der Waals surface area contributed by atoms with Crippen molar-refractivity contribution >= 4 is 28.0 Å². The predicted molar refractivity (Wildman–Crippen MR) is 95.6 cm³/mol. The fourth-order valence-corrected chi connectivity index (χ4v) is 2.58. The van der Waals surface area contributed by atoms with E-state index in [0.717, 1.165) is 22.0 Å². The summed E-state index contributed by atoms with van der Waals surface area (Å²) in [5, 5.41) is 9.52. The van der Waals surface area contributed by atoms with E-state index in [2.05, 4.69) is 15.2 Å². The molecule has 0 fully saturated rings. The SMILES string of the molecule is COc1cc(N=Nc2ccc3c(C)cc(=O)[nH]c3c2)c(C)cc1N. The summed E-state index contributed by atoms with van der Waals surface area (Å²) >= 11 is 0. The molecule has 0 aliphatic heterocycles. The second-order valence-electron chi connectivity index (χ2n) is 5.63. The zero-order valence-electron chi connectivity index (χ0n) is 13.8. The highest BCUT2D eigenvalue weighted by Crippen LogP contribution is 2.32. The van der Waals surface area contributed by atoms with Crippen LogP contribution in [0.3, 0.4) is 0 Å². The van der Waals surface area contributed by atoms with E-state index >= 15 is 0 Å². The number of hydrogen-bond acceptors (Lipinski definition) is 5. The highest BCUT2D eigenvalue weighted by atomic mass is 16.5. The van der Waals surface area contributed by atoms with Crippen LogP contribution in [-0.2, 0) is 0 Å². The predicted octanol–water partition coefficient (Wildman–Crippen LogP) is 4.15. The quantitative estimate of drug-likeness (QED) is 0.560. The first-order valence-corrected chi connectivity index (χ1v) is 7.47. The van der Waals surface area contributed by atoms with Gasteiger partial charge in [-0.05, 0) is 43.2 Å². The smallest absolute Gasteiger partial charge is 0.248 e. The minimum absolute atomic E-state index is 0.131. The standard InChI is InChI=1S/C18H18N4O2/c1-10-7-18(23)20-16-8-12(4-5-13(10)16)21-22-15-9-17(24-3)14(19)6-11(15)2/h4-9H,19H2,1-3H3,(H,20,23). The monoisotopic (exact) mass is 322 g/mol. The molecule has 2 aromatic carbocycles. The molecular formula is C18H18N4O2. The number of nitrogen functional groups attached to an aromatic ring is 1. The normalized spacial score (nSPS) is 11.3. The summed E-state index contributed by atoms with van der Waals surface area (Å²) in [6.45, 7) is 3.81. The van der Waals surface area contributed by atoms with E-state index < -0.39 is 0 Å². The van der Waals surface area contributed by atoms with Gasteiger partial charge in [-0.2, -0.15) is 10.2 Å². The lowest BCUT2D eigenvalue weighted by Crippen LogP contribution is -2.04. The molecule has 0 saturated carbocycles. The number of rotatable bonds is 3. The molecule has 6 nitrogen and oxygen atoms in total. The number of methoxy groups -OCH3 is 1. The van der Waals surface area contributed by atoms with Crippen LogP contribution in [0.5, 0.6) is 5.75 Å². The minimum atomic E-state index is -0.131. The third-order valence-electron chi connectivity index (χ3n) is 3.85. The third kappa shape index (κ3) is 2.99. The maximum absolute atomic E-state index is 11.6. The Bertz CT molecular complexity index is 1010. The number of fused-ring (bicyclic) bond motifs is 1. The van der Waals surface area contributed by atoms with Crippen molar-refractivity contribution in [2.45, 2.75) is 13.8 Å². The van der Waals surface area contributed by atoms with Gasteiger partial charge in [0.15, 0.2) is 0 Å². The molecule has 122 valence electrons. The van der Waals surface area contributed by atoms with Gasteiger partial charge in [0.2, 0.25) is 5.56 Å². The molecule has 0 saturated heterocycles. The maximum Gasteiger partial charge on any atom is 0.248 e. The Morgan fingerprint density at radius 3 is 2.58 bits per heavy atom. The van der Waals surface area contributed by atoms with E-state index in [1.54, 1.807) is 31.4 Å². The summed E-state index contributed by atoms with van der Waals surface area (Å²) in [6.07, 6.45) is 0. The Morgan fingerprint density at radius 2 is 1.83 bits per heavy atom. The van der Waals surface area contributed by atoms with E-state index in [4.69, 9.17) is 10.5 Å². The summed E-state index contributed by atoms with van der Waals surface area (Å²) in [7, 11) is 1.56. The maximum atomic E-state index is 11.6. The van der Waals surface area contributed by atoms with Gasteiger partial charge < -0.3 is 15.5 Å². The molecule has 6 heteroatoms. The van der Waals surface area contributed by atoms with Crippen molar-refractivity contribution in [2.75, 3.05) is 12.8 Å². The van der Waals surface area contributed by atoms with Crippen molar-refractivity contribution in [2.24, 2.45) is 10.2 Å². The zero-order chi connectivity index (χ0) is 17.3. The number of pyridine rings is 1. The molecule has 0 atom stereocenters. The van der Waals surface area contributed by atoms with Gasteiger partial charge in [0.1, 0.15) is 5.75 Å². The number of nitrogens with two attached hydrogens (primary N) is 1. The van der Waals surface area contributed by atoms with E-state index in [1.165, 1.54) is 0 Å². The number of anilines is 1. The molecule has 0 unspecified atom stereocenters. The molecule has 3 aromatic rings. The lowest BCUT2D eigenvalue weighted by atomic mass is 10.1. The van der Waals surface area contributed by atoms with Crippen LogP contribution in [0, 0.1) is 13.8 Å². The first-order valence-electron chi connectivity index (χ1n) is 7.47. The van der Waals surface area contributed by atoms with Crippen LogP contribution in [0.4, 0.5) is 17.1 Å². The Hall–Kier alpha value is -3.15. The van der Waals surface area contributed by atoms with Gasteiger partial charge in [-0.3, -0.25) is 4.79 Å². The van der Waals surface area contributed by atoms with Crippen LogP contribution in [0.1, 0.15) is 11.1 Å². The molecule has 0 bridgehead atoms. The van der Waals surface area contributed by atoms with Gasteiger partial charge in [0, 0.05) is 17.5 Å². The molecule has 1 aromatic heterocycles. The summed E-state index contributed by atoms with van der Waals surface area (Å²) in [4.78, 5) is 14.4. The molecule has 0 aliphatic rings. The van der Waals surface area contributed by atoms with Crippen molar-refractivity contribution in [3.05, 3.63) is 57.9 Å². The van der Waals surface area contributed by atoms with Crippen LogP contribution in [0.15, 0.2) is 51.4 Å². The van der Waals surface area contributed by atoms with Crippen LogP contribution in [0.25, 0.3) is 10.9 Å². The van der Waals surface area contributed by atoms with Crippen LogP contribution in [0.2, 0.25) is 0 Å². The fraction of sp³-hybridized carbons (Fsp3) is 0.167. The highest BCUT2D eigenvalue weighted by Gasteiger charge is 2.05. The van der Waals surface area contributed by atoms with E-state index in [1.807, 2.05) is 26.0 Å². The van der Waals surface area contributed by atoms with E-state index in [-0.39, 0.29) is 5.56 Å². The Morgan fingerprint density at radius 1 is 1.04 bits per heavy atom. The van der Waals surface area contributed by atoms with Gasteiger partial charge in [-0.25, -0.2) is 0 Å².